The number of benzene rings is 1. The van der Waals surface area contributed by atoms with E-state index in [-0.39, 0.29) is 18.9 Å². The molecule has 8 nitrogen and oxygen atoms in total. The van der Waals surface area contributed by atoms with Crippen LogP contribution in [0.5, 0.6) is 0 Å². The first kappa shape index (κ1) is 25.4. The van der Waals surface area contributed by atoms with Gasteiger partial charge in [-0.2, -0.15) is 0 Å². The molecule has 0 bridgehead atoms. The van der Waals surface area contributed by atoms with Gasteiger partial charge in [0.25, 0.3) is 5.91 Å². The zero-order chi connectivity index (χ0) is 25.7. The number of fused-ring (bicyclic) bond motifs is 1. The summed E-state index contributed by atoms with van der Waals surface area (Å²) in [7, 11) is 0. The minimum absolute atomic E-state index is 0.0370. The number of aromatic nitrogens is 1. The molecule has 0 saturated heterocycles. The van der Waals surface area contributed by atoms with Crippen molar-refractivity contribution < 1.29 is 28.3 Å². The third kappa shape index (κ3) is 5.28. The van der Waals surface area contributed by atoms with Crippen molar-refractivity contribution in [1.29, 1.82) is 0 Å². The number of ketones is 1. The number of Topliss-reactive ketones (excluding diaryl/α,β-unsaturated/α-hetero) is 1. The Kier molecular flexibility index (Phi) is 7.73. The summed E-state index contributed by atoms with van der Waals surface area (Å²) in [6, 6.07) is 11.8. The summed E-state index contributed by atoms with van der Waals surface area (Å²) >= 11 is 1.42. The topological polar surface area (TPSA) is 107 Å². The van der Waals surface area contributed by atoms with Crippen molar-refractivity contribution in [2.75, 3.05) is 6.67 Å². The number of alkyl halides is 1. The molecule has 0 radical (unpaired) electrons. The Morgan fingerprint density at radius 3 is 2.72 bits per heavy atom. The van der Waals surface area contributed by atoms with E-state index in [2.05, 4.69) is 15.5 Å². The first-order chi connectivity index (χ1) is 17.3. The third-order valence-corrected chi connectivity index (χ3v) is 7.01. The highest BCUT2D eigenvalue weighted by Crippen LogP contribution is 2.35. The van der Waals surface area contributed by atoms with E-state index in [4.69, 9.17) is 9.57 Å². The van der Waals surface area contributed by atoms with Crippen LogP contribution in [0.25, 0.3) is 10.8 Å². The van der Waals surface area contributed by atoms with E-state index in [1.807, 2.05) is 41.8 Å². The molecule has 0 fully saturated rings. The van der Waals surface area contributed by atoms with Crippen molar-refractivity contribution in [2.45, 2.75) is 44.9 Å². The third-order valence-electron chi connectivity index (χ3n) is 6.16. The second kappa shape index (κ2) is 10.9. The van der Waals surface area contributed by atoms with Gasteiger partial charge in [0, 0.05) is 28.8 Å². The number of nitrogens with zero attached hydrogens (tertiary/aromatic N) is 2. The van der Waals surface area contributed by atoms with Gasteiger partial charge in [0.15, 0.2) is 5.78 Å². The van der Waals surface area contributed by atoms with Crippen LogP contribution in [0.15, 0.2) is 59.2 Å². The predicted molar refractivity (Wildman–Crippen MR) is 133 cm³/mol. The van der Waals surface area contributed by atoms with Crippen LogP contribution in [0.3, 0.4) is 0 Å². The van der Waals surface area contributed by atoms with Gasteiger partial charge >= 0.3 is 5.97 Å². The van der Waals surface area contributed by atoms with Crippen molar-refractivity contribution >= 4 is 45.5 Å². The molecular weight excluding hydrogens is 485 g/mol. The number of hydrogen-bond donors (Lipinski definition) is 1. The van der Waals surface area contributed by atoms with Crippen LogP contribution >= 0.6 is 11.3 Å². The summed E-state index contributed by atoms with van der Waals surface area (Å²) in [6.45, 7) is 2.28. The molecule has 1 aliphatic heterocycles. The number of rotatable bonds is 10. The summed E-state index contributed by atoms with van der Waals surface area (Å²) in [5.41, 5.74) is -0.375. The number of pyridine rings is 1. The molecule has 2 aromatic heterocycles. The second-order valence-electron chi connectivity index (χ2n) is 8.80. The molecule has 188 valence electrons. The SMILES string of the molecule is CC(C)[C@@]1(C(=O)N[C@@H](CC(=O)OCc2cccs2)C(=O)CF)CC(c2nccc3ccccc23)=NO1. The van der Waals surface area contributed by atoms with Gasteiger partial charge in [-0.05, 0) is 22.9 Å². The van der Waals surface area contributed by atoms with Crippen LogP contribution in [-0.2, 0) is 30.6 Å². The lowest BCUT2D eigenvalue weighted by Crippen LogP contribution is -2.55. The molecule has 1 N–H and O–H groups in total. The average molecular weight is 512 g/mol. The van der Waals surface area contributed by atoms with Crippen molar-refractivity contribution in [2.24, 2.45) is 11.1 Å². The molecule has 3 aromatic rings. The highest BCUT2D eigenvalue weighted by molar-refractivity contribution is 7.09. The maximum Gasteiger partial charge on any atom is 0.308 e. The monoisotopic (exact) mass is 511 g/mol. The van der Waals surface area contributed by atoms with E-state index in [0.29, 0.717) is 11.4 Å². The molecule has 10 heteroatoms. The molecule has 36 heavy (non-hydrogen) atoms. The second-order valence-corrected chi connectivity index (χ2v) is 9.83. The molecule has 3 heterocycles. The van der Waals surface area contributed by atoms with Gasteiger partial charge in [0.2, 0.25) is 5.60 Å². The van der Waals surface area contributed by atoms with Crippen molar-refractivity contribution in [1.82, 2.24) is 10.3 Å². The molecule has 0 unspecified atom stereocenters. The minimum atomic E-state index is -1.45. The number of nitrogens with one attached hydrogen (secondary N) is 1. The quantitative estimate of drug-likeness (QED) is 0.413. The summed E-state index contributed by atoms with van der Waals surface area (Å²) in [6.07, 6.45) is 1.26. The largest absolute Gasteiger partial charge is 0.460 e. The fourth-order valence-corrected chi connectivity index (χ4v) is 4.63. The zero-order valence-corrected chi connectivity index (χ0v) is 20.7. The number of carbonyl (C=O) groups excluding carboxylic acids is 3. The van der Waals surface area contributed by atoms with Gasteiger partial charge in [0.05, 0.1) is 12.1 Å². The normalized spacial score (nSPS) is 17.9. The molecule has 2 atom stereocenters. The van der Waals surface area contributed by atoms with Crippen LogP contribution < -0.4 is 5.32 Å². The molecule has 0 spiro atoms. The zero-order valence-electron chi connectivity index (χ0n) is 19.9. The van der Waals surface area contributed by atoms with Gasteiger partial charge in [-0.1, -0.05) is 49.3 Å². The Hall–Kier alpha value is -3.66. The van der Waals surface area contributed by atoms with Gasteiger partial charge in [-0.25, -0.2) is 4.39 Å². The van der Waals surface area contributed by atoms with Gasteiger partial charge in [0.1, 0.15) is 25.0 Å². The summed E-state index contributed by atoms with van der Waals surface area (Å²) in [4.78, 5) is 49.0. The summed E-state index contributed by atoms with van der Waals surface area (Å²) < 4.78 is 18.5. The van der Waals surface area contributed by atoms with E-state index >= 15 is 0 Å². The van der Waals surface area contributed by atoms with Gasteiger partial charge < -0.3 is 14.9 Å². The lowest BCUT2D eigenvalue weighted by Gasteiger charge is -2.30. The Morgan fingerprint density at radius 1 is 1.19 bits per heavy atom. The first-order valence-corrected chi connectivity index (χ1v) is 12.4. The van der Waals surface area contributed by atoms with Crippen molar-refractivity contribution in [3.05, 3.63) is 64.6 Å². The van der Waals surface area contributed by atoms with Crippen LogP contribution in [0, 0.1) is 5.92 Å². The van der Waals surface area contributed by atoms with E-state index in [1.165, 1.54) is 11.3 Å². The summed E-state index contributed by atoms with van der Waals surface area (Å²) in [5, 5.41) is 10.4. The number of esters is 1. The fraction of sp³-hybridized carbons (Fsp3) is 0.346. The van der Waals surface area contributed by atoms with Gasteiger partial charge in [-0.15, -0.1) is 11.3 Å². The highest BCUT2D eigenvalue weighted by Gasteiger charge is 2.51. The molecule has 4 rings (SSSR count). The number of amides is 1. The van der Waals surface area contributed by atoms with Crippen LogP contribution in [-0.4, -0.2) is 46.7 Å². The Morgan fingerprint density at radius 2 is 2.00 bits per heavy atom. The number of thiophene rings is 1. The van der Waals surface area contributed by atoms with Crippen LogP contribution in [0.2, 0.25) is 0 Å². The highest BCUT2D eigenvalue weighted by atomic mass is 32.1. The van der Waals surface area contributed by atoms with E-state index < -0.39 is 42.4 Å². The number of ether oxygens (including phenoxy) is 1. The Labute approximate surface area is 211 Å². The Bertz CT molecular complexity index is 1290. The van der Waals surface area contributed by atoms with E-state index in [1.54, 1.807) is 26.1 Å². The number of oxime groups is 1. The Balaban J connectivity index is 1.49. The molecule has 1 amide bonds. The lowest BCUT2D eigenvalue weighted by molar-refractivity contribution is -0.153. The molecule has 1 aliphatic rings. The van der Waals surface area contributed by atoms with Crippen LogP contribution in [0.4, 0.5) is 4.39 Å². The molecular formula is C26H26FN3O5S. The number of halogens is 1. The average Bonchev–Trinajstić information content (AvgIpc) is 3.57. The van der Waals surface area contributed by atoms with E-state index in [0.717, 1.165) is 15.6 Å². The van der Waals surface area contributed by atoms with Crippen molar-refractivity contribution in [3.8, 4) is 0 Å². The molecule has 0 saturated carbocycles. The van der Waals surface area contributed by atoms with Crippen molar-refractivity contribution in [3.63, 3.8) is 0 Å². The number of hydrogen-bond acceptors (Lipinski definition) is 8. The standard InChI is InChI=1S/C26H26FN3O5S/c1-16(2)26(13-21(30-35-26)24-19-8-4-3-6-17(19)9-10-28-24)25(33)29-20(22(31)14-27)12-23(32)34-15-18-7-5-11-36-18/h3-11,16,20H,12-15H2,1-2H3,(H,29,33)/t20-,26+/m0/s1. The van der Waals surface area contributed by atoms with Gasteiger partial charge in [-0.3, -0.25) is 19.4 Å². The maximum absolute atomic E-state index is 13.5. The van der Waals surface area contributed by atoms with E-state index in [9.17, 15) is 18.8 Å². The lowest BCUT2D eigenvalue weighted by atomic mass is 9.83. The predicted octanol–water partition coefficient (Wildman–Crippen LogP) is 3.97. The minimum Gasteiger partial charge on any atom is -0.460 e. The number of carbonyl (C=O) groups is 3. The first-order valence-electron chi connectivity index (χ1n) is 11.5. The smallest absolute Gasteiger partial charge is 0.308 e. The fourth-order valence-electron chi connectivity index (χ4n) is 4.01. The summed E-state index contributed by atoms with van der Waals surface area (Å²) in [5.74, 6) is -2.67. The maximum atomic E-state index is 13.5. The molecule has 0 aliphatic carbocycles. The van der Waals surface area contributed by atoms with Crippen LogP contribution in [0.1, 0.15) is 37.3 Å². The molecule has 1 aromatic carbocycles.